The monoisotopic (exact) mass is 390 g/mol. The maximum atomic E-state index is 13.0. The van der Waals surface area contributed by atoms with Crippen LogP contribution in [0.4, 0.5) is 0 Å². The quantitative estimate of drug-likeness (QED) is 0.810. The Hall–Kier alpha value is -1.70. The zero-order valence-corrected chi connectivity index (χ0v) is 16.1. The van der Waals surface area contributed by atoms with Crippen LogP contribution in [-0.4, -0.2) is 43.2 Å². The summed E-state index contributed by atoms with van der Waals surface area (Å²) in [6.45, 7) is 2.12. The summed E-state index contributed by atoms with van der Waals surface area (Å²) in [6.07, 6.45) is 2.35. The average Bonchev–Trinajstić information content (AvgIpc) is 3.23. The zero-order valence-electron chi connectivity index (χ0n) is 14.5. The third-order valence-corrected chi connectivity index (χ3v) is 8.50. The molecule has 2 aliphatic heterocycles. The van der Waals surface area contributed by atoms with Gasteiger partial charge in [0.1, 0.15) is 4.21 Å². The molecule has 0 spiro atoms. The number of benzene rings is 1. The van der Waals surface area contributed by atoms with Crippen molar-refractivity contribution < 1.29 is 13.2 Å². The summed E-state index contributed by atoms with van der Waals surface area (Å²) in [5.74, 6) is -0.158. The second-order valence-electron chi connectivity index (χ2n) is 6.91. The second kappa shape index (κ2) is 7.13. The minimum atomic E-state index is -3.48. The fraction of sp³-hybridized carbons (Fsp3) is 0.421. The Bertz CT molecular complexity index is 893. The topological polar surface area (TPSA) is 57.7 Å². The second-order valence-corrected chi connectivity index (χ2v) is 10.0. The Kier molecular flexibility index (Phi) is 4.86. The lowest BCUT2D eigenvalue weighted by Crippen LogP contribution is -2.47. The van der Waals surface area contributed by atoms with Crippen molar-refractivity contribution in [3.8, 4) is 0 Å². The van der Waals surface area contributed by atoms with Crippen molar-refractivity contribution in [3.05, 3.63) is 52.9 Å². The van der Waals surface area contributed by atoms with E-state index in [-0.39, 0.29) is 18.4 Å². The Balaban J connectivity index is 1.47. The molecule has 2 aliphatic rings. The lowest BCUT2D eigenvalue weighted by Gasteiger charge is -2.36. The van der Waals surface area contributed by atoms with Crippen molar-refractivity contribution in [2.75, 3.05) is 19.6 Å². The number of nitrogens with zero attached hydrogens (tertiary/aromatic N) is 2. The molecule has 0 bridgehead atoms. The molecule has 1 aromatic carbocycles. The van der Waals surface area contributed by atoms with Gasteiger partial charge in [0, 0.05) is 26.2 Å². The first kappa shape index (κ1) is 17.7. The SMILES string of the molecule is O=C([C@@H]1CCCN(S(=O)(=O)c2cccs2)C1)N1CCc2ccccc2C1. The van der Waals surface area contributed by atoms with Gasteiger partial charge < -0.3 is 4.90 Å². The number of thiophene rings is 1. The van der Waals surface area contributed by atoms with Gasteiger partial charge in [0.15, 0.2) is 0 Å². The zero-order chi connectivity index (χ0) is 18.1. The van der Waals surface area contributed by atoms with Gasteiger partial charge in [-0.1, -0.05) is 30.3 Å². The van der Waals surface area contributed by atoms with Gasteiger partial charge in [-0.15, -0.1) is 11.3 Å². The highest BCUT2D eigenvalue weighted by atomic mass is 32.2. The molecule has 138 valence electrons. The van der Waals surface area contributed by atoms with Crippen LogP contribution < -0.4 is 0 Å². The summed E-state index contributed by atoms with van der Waals surface area (Å²) < 4.78 is 27.4. The first-order valence-electron chi connectivity index (χ1n) is 8.95. The smallest absolute Gasteiger partial charge is 0.252 e. The molecule has 0 saturated carbocycles. The van der Waals surface area contributed by atoms with Gasteiger partial charge >= 0.3 is 0 Å². The number of carbonyl (C=O) groups excluding carboxylic acids is 1. The van der Waals surface area contributed by atoms with Gasteiger partial charge in [0.05, 0.1) is 5.92 Å². The third-order valence-electron chi connectivity index (χ3n) is 5.26. The predicted octanol–water partition coefficient (Wildman–Crippen LogP) is 2.73. The first-order chi connectivity index (χ1) is 12.6. The number of fused-ring (bicyclic) bond motifs is 1. The molecular formula is C19H22N2O3S2. The summed E-state index contributed by atoms with van der Waals surface area (Å²) >= 11 is 1.23. The molecule has 1 saturated heterocycles. The lowest BCUT2D eigenvalue weighted by molar-refractivity contribution is -0.137. The van der Waals surface area contributed by atoms with Crippen LogP contribution in [0.3, 0.4) is 0 Å². The summed E-state index contributed by atoms with van der Waals surface area (Å²) in [4.78, 5) is 14.9. The number of sulfonamides is 1. The number of rotatable bonds is 3. The van der Waals surface area contributed by atoms with E-state index in [0.717, 1.165) is 19.3 Å². The summed E-state index contributed by atoms with van der Waals surface area (Å²) in [7, 11) is -3.48. The number of amides is 1. The molecule has 26 heavy (non-hydrogen) atoms. The summed E-state index contributed by atoms with van der Waals surface area (Å²) in [5, 5.41) is 1.77. The van der Waals surface area contributed by atoms with Crippen LogP contribution in [-0.2, 0) is 27.8 Å². The van der Waals surface area contributed by atoms with Crippen LogP contribution in [0.2, 0.25) is 0 Å². The van der Waals surface area contributed by atoms with Gasteiger partial charge in [-0.05, 0) is 41.8 Å². The fourth-order valence-electron chi connectivity index (χ4n) is 3.84. The van der Waals surface area contributed by atoms with E-state index in [0.29, 0.717) is 23.8 Å². The average molecular weight is 391 g/mol. The maximum Gasteiger partial charge on any atom is 0.252 e. The fourth-order valence-corrected chi connectivity index (χ4v) is 6.51. The van der Waals surface area contributed by atoms with Gasteiger partial charge in [0.25, 0.3) is 10.0 Å². The largest absolute Gasteiger partial charge is 0.338 e. The molecule has 0 aliphatic carbocycles. The number of hydrogen-bond acceptors (Lipinski definition) is 4. The summed E-state index contributed by atoms with van der Waals surface area (Å²) in [5.41, 5.74) is 2.51. The van der Waals surface area contributed by atoms with E-state index in [1.54, 1.807) is 17.5 Å². The molecule has 0 N–H and O–H groups in total. The van der Waals surface area contributed by atoms with E-state index in [1.807, 2.05) is 17.0 Å². The van der Waals surface area contributed by atoms with Crippen molar-refractivity contribution in [2.45, 2.75) is 30.0 Å². The van der Waals surface area contributed by atoms with Crippen LogP contribution in [0.1, 0.15) is 24.0 Å². The van der Waals surface area contributed by atoms with E-state index in [1.165, 1.54) is 26.8 Å². The lowest BCUT2D eigenvalue weighted by atomic mass is 9.95. The third kappa shape index (κ3) is 3.31. The van der Waals surface area contributed by atoms with Crippen LogP contribution in [0, 0.1) is 5.92 Å². The molecule has 1 aromatic heterocycles. The molecule has 0 unspecified atom stereocenters. The van der Waals surface area contributed by atoms with Crippen molar-refractivity contribution in [3.63, 3.8) is 0 Å². The van der Waals surface area contributed by atoms with Gasteiger partial charge in [-0.3, -0.25) is 4.79 Å². The normalized spacial score (nSPS) is 21.4. The van der Waals surface area contributed by atoms with E-state index in [9.17, 15) is 13.2 Å². The molecule has 4 rings (SSSR count). The Morgan fingerprint density at radius 2 is 1.88 bits per heavy atom. The van der Waals surface area contributed by atoms with Crippen molar-refractivity contribution >= 4 is 27.3 Å². The number of hydrogen-bond donors (Lipinski definition) is 0. The van der Waals surface area contributed by atoms with Gasteiger partial charge in [0.2, 0.25) is 5.91 Å². The van der Waals surface area contributed by atoms with Crippen molar-refractivity contribution in [1.29, 1.82) is 0 Å². The maximum absolute atomic E-state index is 13.0. The van der Waals surface area contributed by atoms with E-state index in [2.05, 4.69) is 12.1 Å². The van der Waals surface area contributed by atoms with Crippen LogP contribution in [0.25, 0.3) is 0 Å². The molecule has 1 atom stereocenters. The van der Waals surface area contributed by atoms with Crippen molar-refractivity contribution in [2.24, 2.45) is 5.92 Å². The molecule has 1 fully saturated rings. The minimum Gasteiger partial charge on any atom is -0.338 e. The highest BCUT2D eigenvalue weighted by molar-refractivity contribution is 7.91. The molecule has 7 heteroatoms. The molecule has 3 heterocycles. The number of piperidine rings is 1. The van der Waals surface area contributed by atoms with Crippen LogP contribution in [0.5, 0.6) is 0 Å². The van der Waals surface area contributed by atoms with Gasteiger partial charge in [-0.2, -0.15) is 4.31 Å². The molecular weight excluding hydrogens is 368 g/mol. The molecule has 2 aromatic rings. The van der Waals surface area contributed by atoms with E-state index >= 15 is 0 Å². The minimum absolute atomic E-state index is 0.0885. The Morgan fingerprint density at radius 3 is 2.65 bits per heavy atom. The van der Waals surface area contributed by atoms with E-state index in [4.69, 9.17) is 0 Å². The van der Waals surface area contributed by atoms with Crippen molar-refractivity contribution in [1.82, 2.24) is 9.21 Å². The highest BCUT2D eigenvalue weighted by Crippen LogP contribution is 2.28. The summed E-state index contributed by atoms with van der Waals surface area (Å²) in [6, 6.07) is 11.6. The Morgan fingerprint density at radius 1 is 1.08 bits per heavy atom. The highest BCUT2D eigenvalue weighted by Gasteiger charge is 2.36. The van der Waals surface area contributed by atoms with Crippen LogP contribution in [0.15, 0.2) is 46.0 Å². The number of carbonyl (C=O) groups is 1. The standard InChI is InChI=1S/C19H22N2O3S2/c22-19(20-11-9-15-5-1-2-6-16(15)13-20)17-7-3-10-21(14-17)26(23,24)18-8-4-12-25-18/h1-2,4-6,8,12,17H,3,7,9-11,13-14H2/t17-/m1/s1. The van der Waals surface area contributed by atoms with Crippen LogP contribution >= 0.6 is 11.3 Å². The first-order valence-corrected chi connectivity index (χ1v) is 11.3. The van der Waals surface area contributed by atoms with Gasteiger partial charge in [-0.25, -0.2) is 8.42 Å². The molecule has 0 radical (unpaired) electrons. The molecule has 5 nitrogen and oxygen atoms in total. The molecule has 1 amide bonds. The Labute approximate surface area is 158 Å². The predicted molar refractivity (Wildman–Crippen MR) is 101 cm³/mol. The van der Waals surface area contributed by atoms with E-state index < -0.39 is 10.0 Å².